The summed E-state index contributed by atoms with van der Waals surface area (Å²) in [7, 11) is 0. The van der Waals surface area contributed by atoms with E-state index in [0.29, 0.717) is 0 Å². The van der Waals surface area contributed by atoms with Gasteiger partial charge in [0, 0.05) is 4.47 Å². The normalized spacial score (nSPS) is 23.6. The molecule has 21 heavy (non-hydrogen) atoms. The fourth-order valence-corrected chi connectivity index (χ4v) is 3.60. The van der Waals surface area contributed by atoms with Gasteiger partial charge in [-0.15, -0.1) is 0 Å². The highest BCUT2D eigenvalue weighted by Crippen LogP contribution is 2.40. The number of nitrogens with one attached hydrogen (secondary N) is 3. The summed E-state index contributed by atoms with van der Waals surface area (Å²) in [6.07, 6.45) is 0.925. The fourth-order valence-electron chi connectivity index (χ4n) is 3.14. The molecule has 1 atom stereocenters. The zero-order valence-electron chi connectivity index (χ0n) is 12.6. The smallest absolute Gasteiger partial charge is 0.323 e. The molecule has 5 nitrogen and oxygen atoms in total. The zero-order chi connectivity index (χ0) is 15.4. The summed E-state index contributed by atoms with van der Waals surface area (Å²) in [6.45, 7) is 8.42. The quantitative estimate of drug-likeness (QED) is 0.774. The largest absolute Gasteiger partial charge is 0.378 e. The molecule has 0 bridgehead atoms. The summed E-state index contributed by atoms with van der Waals surface area (Å²) < 4.78 is 7.03. The van der Waals surface area contributed by atoms with Gasteiger partial charge >= 0.3 is 5.69 Å². The molecule has 1 aromatic heterocycles. The number of aromatic amines is 2. The highest BCUT2D eigenvalue weighted by atomic mass is 79.9. The molecule has 3 rings (SSSR count). The Hall–Kier alpha value is -1.27. The first-order valence-electron chi connectivity index (χ1n) is 7.05. The molecule has 2 aromatic rings. The van der Waals surface area contributed by atoms with E-state index in [1.807, 2.05) is 12.1 Å². The van der Waals surface area contributed by atoms with Crippen LogP contribution in [0.2, 0.25) is 0 Å². The monoisotopic (exact) mass is 353 g/mol. The number of halogens is 1. The SMILES string of the molecule is CC1(C)CC(Nc2cc3[nH]c(=O)[nH]c3cc2Br)C(C)(C)O1. The molecule has 0 saturated carbocycles. The summed E-state index contributed by atoms with van der Waals surface area (Å²) in [5.74, 6) is 0. The van der Waals surface area contributed by atoms with E-state index in [4.69, 9.17) is 4.74 Å². The summed E-state index contributed by atoms with van der Waals surface area (Å²) >= 11 is 3.56. The van der Waals surface area contributed by atoms with Gasteiger partial charge < -0.3 is 20.0 Å². The van der Waals surface area contributed by atoms with Gasteiger partial charge in [0.15, 0.2) is 0 Å². The number of hydrogen-bond donors (Lipinski definition) is 3. The molecule has 1 aliphatic heterocycles. The molecule has 1 aliphatic rings. The van der Waals surface area contributed by atoms with Crippen molar-refractivity contribution < 1.29 is 4.74 Å². The van der Waals surface area contributed by atoms with Gasteiger partial charge in [-0.25, -0.2) is 4.79 Å². The predicted molar refractivity (Wildman–Crippen MR) is 87.9 cm³/mol. The highest BCUT2D eigenvalue weighted by Gasteiger charge is 2.45. The Balaban J connectivity index is 1.94. The van der Waals surface area contributed by atoms with Crippen molar-refractivity contribution in [1.29, 1.82) is 0 Å². The molecule has 0 radical (unpaired) electrons. The molecule has 114 valence electrons. The maximum atomic E-state index is 11.4. The van der Waals surface area contributed by atoms with Crippen LogP contribution in [0.5, 0.6) is 0 Å². The van der Waals surface area contributed by atoms with Gasteiger partial charge in [-0.1, -0.05) is 0 Å². The molecule has 2 heterocycles. The van der Waals surface area contributed by atoms with E-state index in [2.05, 4.69) is 58.9 Å². The maximum Gasteiger partial charge on any atom is 0.323 e. The number of imidazole rings is 1. The lowest BCUT2D eigenvalue weighted by atomic mass is 9.94. The molecular weight excluding hydrogens is 334 g/mol. The first-order valence-corrected chi connectivity index (χ1v) is 7.84. The van der Waals surface area contributed by atoms with E-state index >= 15 is 0 Å². The predicted octanol–water partition coefficient (Wildman–Crippen LogP) is 3.38. The van der Waals surface area contributed by atoms with Gasteiger partial charge in [-0.2, -0.15) is 0 Å². The lowest BCUT2D eigenvalue weighted by Crippen LogP contribution is -2.38. The van der Waals surface area contributed by atoms with Crippen LogP contribution in [0, 0.1) is 0 Å². The van der Waals surface area contributed by atoms with Crippen LogP contribution < -0.4 is 11.0 Å². The number of fused-ring (bicyclic) bond motifs is 1. The number of H-pyrrole nitrogens is 2. The third-order valence-corrected chi connectivity index (χ3v) is 4.66. The number of benzene rings is 1. The molecule has 6 heteroatoms. The van der Waals surface area contributed by atoms with Crippen molar-refractivity contribution in [2.24, 2.45) is 0 Å². The van der Waals surface area contributed by atoms with Crippen LogP contribution in [0.15, 0.2) is 21.4 Å². The topological polar surface area (TPSA) is 69.9 Å². The van der Waals surface area contributed by atoms with Crippen LogP contribution in [0.1, 0.15) is 34.1 Å². The lowest BCUT2D eigenvalue weighted by molar-refractivity contribution is -0.0662. The first kappa shape index (κ1) is 14.7. The van der Waals surface area contributed by atoms with Gasteiger partial charge in [0.05, 0.1) is 34.0 Å². The lowest BCUT2D eigenvalue weighted by Gasteiger charge is -2.28. The third-order valence-electron chi connectivity index (χ3n) is 4.01. The Morgan fingerprint density at radius 3 is 2.43 bits per heavy atom. The molecular formula is C15H20BrN3O2. The van der Waals surface area contributed by atoms with Crippen LogP contribution in [0.4, 0.5) is 5.69 Å². The second-order valence-electron chi connectivity index (χ2n) is 6.82. The van der Waals surface area contributed by atoms with Gasteiger partial charge in [-0.05, 0) is 62.2 Å². The second kappa shape index (κ2) is 4.61. The third kappa shape index (κ3) is 2.74. The molecule has 3 N–H and O–H groups in total. The number of aromatic nitrogens is 2. The van der Waals surface area contributed by atoms with E-state index < -0.39 is 0 Å². The van der Waals surface area contributed by atoms with Crippen molar-refractivity contribution in [2.75, 3.05) is 5.32 Å². The molecule has 1 aromatic carbocycles. The summed E-state index contributed by atoms with van der Waals surface area (Å²) in [4.78, 5) is 16.9. The van der Waals surface area contributed by atoms with Crippen molar-refractivity contribution in [1.82, 2.24) is 9.97 Å². The maximum absolute atomic E-state index is 11.4. The first-order chi connectivity index (χ1) is 9.66. The Labute approximate surface area is 131 Å². The second-order valence-corrected chi connectivity index (χ2v) is 7.68. The van der Waals surface area contributed by atoms with Crippen molar-refractivity contribution >= 4 is 32.7 Å². The summed E-state index contributed by atoms with van der Waals surface area (Å²) in [5, 5.41) is 3.55. The van der Waals surface area contributed by atoms with Crippen LogP contribution >= 0.6 is 15.9 Å². The van der Waals surface area contributed by atoms with E-state index in [-0.39, 0.29) is 22.9 Å². The van der Waals surface area contributed by atoms with E-state index in [1.54, 1.807) is 0 Å². The average Bonchev–Trinajstić information content (AvgIpc) is 2.75. The van der Waals surface area contributed by atoms with Crippen molar-refractivity contribution in [3.63, 3.8) is 0 Å². The zero-order valence-corrected chi connectivity index (χ0v) is 14.2. The van der Waals surface area contributed by atoms with E-state index in [1.165, 1.54) is 0 Å². The standard InChI is InChI=1S/C15H20BrN3O2/c1-14(2)7-12(15(3,4)21-14)17-9-6-11-10(5-8(9)16)18-13(20)19-11/h5-6,12,17H,7H2,1-4H3,(H2,18,19,20). The molecule has 1 fully saturated rings. The Kier molecular flexibility index (Phi) is 3.22. The number of anilines is 1. The van der Waals surface area contributed by atoms with Crippen molar-refractivity contribution in [2.45, 2.75) is 51.4 Å². The minimum Gasteiger partial charge on any atom is -0.378 e. The van der Waals surface area contributed by atoms with Gasteiger partial charge in [0.25, 0.3) is 0 Å². The molecule has 0 aliphatic carbocycles. The van der Waals surface area contributed by atoms with Crippen LogP contribution in [0.25, 0.3) is 11.0 Å². The molecule has 0 amide bonds. The van der Waals surface area contributed by atoms with E-state index in [9.17, 15) is 4.79 Å². The molecule has 1 saturated heterocycles. The minimum atomic E-state index is -0.247. The Bertz CT molecular complexity index is 745. The van der Waals surface area contributed by atoms with Crippen molar-refractivity contribution in [3.8, 4) is 0 Å². The number of rotatable bonds is 2. The van der Waals surface area contributed by atoms with Gasteiger partial charge in [0.1, 0.15) is 0 Å². The Morgan fingerprint density at radius 1 is 1.24 bits per heavy atom. The highest BCUT2D eigenvalue weighted by molar-refractivity contribution is 9.10. The minimum absolute atomic E-state index is 0.139. The fraction of sp³-hybridized carbons (Fsp3) is 0.533. The Morgan fingerprint density at radius 2 is 1.86 bits per heavy atom. The van der Waals surface area contributed by atoms with E-state index in [0.717, 1.165) is 27.6 Å². The van der Waals surface area contributed by atoms with Gasteiger partial charge in [0.2, 0.25) is 0 Å². The number of ether oxygens (including phenoxy) is 1. The van der Waals surface area contributed by atoms with Crippen LogP contribution in [0.3, 0.4) is 0 Å². The van der Waals surface area contributed by atoms with Crippen LogP contribution in [-0.4, -0.2) is 27.2 Å². The summed E-state index contributed by atoms with van der Waals surface area (Å²) in [6, 6.07) is 4.05. The molecule has 0 spiro atoms. The van der Waals surface area contributed by atoms with Gasteiger partial charge in [-0.3, -0.25) is 0 Å². The number of hydrogen-bond acceptors (Lipinski definition) is 3. The van der Waals surface area contributed by atoms with Crippen molar-refractivity contribution in [3.05, 3.63) is 27.1 Å². The summed E-state index contributed by atoms with van der Waals surface area (Å²) in [5.41, 5.74) is 1.96. The molecule has 1 unspecified atom stereocenters. The average molecular weight is 354 g/mol. The van der Waals surface area contributed by atoms with Crippen LogP contribution in [-0.2, 0) is 4.74 Å².